The van der Waals surface area contributed by atoms with Crippen LogP contribution < -0.4 is 10.2 Å². The Labute approximate surface area is 189 Å². The first-order valence-corrected chi connectivity index (χ1v) is 12.6. The normalized spacial score (nSPS) is 19.7. The van der Waals surface area contributed by atoms with Crippen molar-refractivity contribution in [1.82, 2.24) is 15.1 Å². The molecule has 3 heterocycles. The van der Waals surface area contributed by atoms with Gasteiger partial charge in [0.25, 0.3) is 0 Å². The molecule has 3 aromatic rings. The molecule has 0 bridgehead atoms. The van der Waals surface area contributed by atoms with Crippen LogP contribution in [0.5, 0.6) is 0 Å². The van der Waals surface area contributed by atoms with Crippen molar-refractivity contribution in [2.75, 3.05) is 36.2 Å². The molecule has 2 aliphatic rings. The molecule has 9 heteroatoms. The van der Waals surface area contributed by atoms with E-state index in [4.69, 9.17) is 14.5 Å². The number of rotatable bonds is 9. The summed E-state index contributed by atoms with van der Waals surface area (Å²) >= 11 is 0. The summed E-state index contributed by atoms with van der Waals surface area (Å²) in [7, 11) is 0.898. The van der Waals surface area contributed by atoms with E-state index < -0.39 is 10.8 Å². The third-order valence-electron chi connectivity index (χ3n) is 6.65. The first-order chi connectivity index (χ1) is 15.5. The summed E-state index contributed by atoms with van der Waals surface area (Å²) in [5.74, 6) is 2.09. The fourth-order valence-electron chi connectivity index (χ4n) is 4.35. The molecule has 32 heavy (non-hydrogen) atoms. The average Bonchev–Trinajstić information content (AvgIpc) is 3.29. The van der Waals surface area contributed by atoms with Crippen molar-refractivity contribution in [3.05, 3.63) is 35.7 Å². The standard InChI is InChI=1S/C23H29N5O3S/c1-3-15(19-16-6-4-5-7-18(16)31-27-19)8-12-28(2)22-24-17-9-13-32(30)20(17)21(25-22)26-23(14-29)10-11-23/h4-7,15,29H,3,8-14H2,1-2H3,(H,24,25,26). The number of nitrogens with one attached hydrogen (secondary N) is 1. The first kappa shape index (κ1) is 21.3. The molecule has 2 aromatic heterocycles. The van der Waals surface area contributed by atoms with Gasteiger partial charge in [-0.15, -0.1) is 0 Å². The van der Waals surface area contributed by atoms with E-state index in [1.54, 1.807) is 0 Å². The summed E-state index contributed by atoms with van der Waals surface area (Å²) in [5.41, 5.74) is 2.35. The summed E-state index contributed by atoms with van der Waals surface area (Å²) < 4.78 is 18.1. The lowest BCUT2D eigenvalue weighted by Gasteiger charge is -2.23. The van der Waals surface area contributed by atoms with E-state index >= 15 is 0 Å². The second kappa shape index (κ2) is 8.44. The Kier molecular flexibility index (Phi) is 5.63. The topological polar surface area (TPSA) is 104 Å². The van der Waals surface area contributed by atoms with E-state index in [9.17, 15) is 9.32 Å². The summed E-state index contributed by atoms with van der Waals surface area (Å²) in [4.78, 5) is 12.3. The van der Waals surface area contributed by atoms with Crippen LogP contribution in [0, 0.1) is 0 Å². The van der Waals surface area contributed by atoms with Gasteiger partial charge in [0.2, 0.25) is 5.95 Å². The Morgan fingerprint density at radius 1 is 1.31 bits per heavy atom. The molecule has 2 atom stereocenters. The quantitative estimate of drug-likeness (QED) is 0.507. The maximum atomic E-state index is 12.6. The fourth-order valence-corrected chi connectivity index (χ4v) is 5.65. The van der Waals surface area contributed by atoms with Crippen LogP contribution in [0.25, 0.3) is 11.0 Å². The molecule has 5 rings (SSSR count). The minimum Gasteiger partial charge on any atom is -0.394 e. The average molecular weight is 456 g/mol. The van der Waals surface area contributed by atoms with Crippen molar-refractivity contribution in [2.24, 2.45) is 0 Å². The summed E-state index contributed by atoms with van der Waals surface area (Å²) in [5, 5.41) is 18.5. The third kappa shape index (κ3) is 3.88. The van der Waals surface area contributed by atoms with E-state index in [0.717, 1.165) is 54.6 Å². The molecule has 8 nitrogen and oxygen atoms in total. The zero-order chi connectivity index (χ0) is 22.3. The lowest BCUT2D eigenvalue weighted by molar-refractivity contribution is 0.265. The molecule has 0 saturated heterocycles. The number of para-hydroxylation sites is 1. The predicted octanol–water partition coefficient (Wildman–Crippen LogP) is 3.24. The number of benzene rings is 1. The molecule has 1 aromatic carbocycles. The monoisotopic (exact) mass is 455 g/mol. The Hall–Kier alpha value is -2.52. The lowest BCUT2D eigenvalue weighted by atomic mass is 9.95. The van der Waals surface area contributed by atoms with Crippen LogP contribution in [0.1, 0.15) is 49.9 Å². The number of fused-ring (bicyclic) bond motifs is 2. The van der Waals surface area contributed by atoms with Gasteiger partial charge in [0.05, 0.1) is 34.3 Å². The second-order valence-corrected chi connectivity index (χ2v) is 10.4. The highest BCUT2D eigenvalue weighted by molar-refractivity contribution is 7.85. The molecule has 1 aliphatic carbocycles. The SMILES string of the molecule is CCC(CCN(C)c1nc2c(c(NC3(CO)CC3)n1)S(=O)CC2)c1noc2ccccc12. The third-order valence-corrected chi connectivity index (χ3v) is 8.11. The van der Waals surface area contributed by atoms with Gasteiger partial charge in [0, 0.05) is 37.1 Å². The van der Waals surface area contributed by atoms with Crippen molar-refractivity contribution in [2.45, 2.75) is 55.4 Å². The van der Waals surface area contributed by atoms with Gasteiger partial charge in [-0.1, -0.05) is 24.2 Å². The molecule has 0 radical (unpaired) electrons. The van der Waals surface area contributed by atoms with Gasteiger partial charge in [-0.25, -0.2) is 4.98 Å². The van der Waals surface area contributed by atoms with Gasteiger partial charge in [-0.05, 0) is 37.8 Å². The Bertz CT molecular complexity index is 1160. The van der Waals surface area contributed by atoms with Gasteiger partial charge in [-0.3, -0.25) is 4.21 Å². The van der Waals surface area contributed by atoms with Crippen LogP contribution in [-0.4, -0.2) is 55.9 Å². The van der Waals surface area contributed by atoms with Gasteiger partial charge in [0.15, 0.2) is 5.58 Å². The van der Waals surface area contributed by atoms with E-state index in [1.165, 1.54) is 0 Å². The largest absolute Gasteiger partial charge is 0.394 e. The molecule has 170 valence electrons. The number of aromatic nitrogens is 3. The highest BCUT2D eigenvalue weighted by Gasteiger charge is 2.44. The fraction of sp³-hybridized carbons (Fsp3) is 0.522. The van der Waals surface area contributed by atoms with Crippen LogP contribution in [0.3, 0.4) is 0 Å². The Morgan fingerprint density at radius 3 is 2.88 bits per heavy atom. The van der Waals surface area contributed by atoms with Gasteiger partial charge in [-0.2, -0.15) is 4.98 Å². The van der Waals surface area contributed by atoms with Gasteiger partial charge in [0.1, 0.15) is 10.7 Å². The molecule has 2 unspecified atom stereocenters. The van der Waals surface area contributed by atoms with Crippen LogP contribution in [-0.2, 0) is 17.2 Å². The van der Waals surface area contributed by atoms with Crippen molar-refractivity contribution in [3.63, 3.8) is 0 Å². The molecular weight excluding hydrogens is 426 g/mol. The smallest absolute Gasteiger partial charge is 0.227 e. The van der Waals surface area contributed by atoms with E-state index in [0.29, 0.717) is 28.8 Å². The van der Waals surface area contributed by atoms with Crippen LogP contribution >= 0.6 is 0 Å². The zero-order valence-corrected chi connectivity index (χ0v) is 19.3. The zero-order valence-electron chi connectivity index (χ0n) is 18.5. The maximum Gasteiger partial charge on any atom is 0.227 e. The minimum absolute atomic E-state index is 0.0490. The number of nitrogens with zero attached hydrogens (tertiary/aromatic N) is 4. The van der Waals surface area contributed by atoms with E-state index in [-0.39, 0.29) is 18.1 Å². The van der Waals surface area contributed by atoms with Crippen LogP contribution in [0.15, 0.2) is 33.7 Å². The summed E-state index contributed by atoms with van der Waals surface area (Å²) in [6.45, 7) is 2.97. The summed E-state index contributed by atoms with van der Waals surface area (Å²) in [6.07, 6.45) is 4.32. The number of anilines is 2. The van der Waals surface area contributed by atoms with E-state index in [2.05, 4.69) is 28.4 Å². The molecule has 0 amide bonds. The number of aryl methyl sites for hydroxylation is 1. The Morgan fingerprint density at radius 2 is 2.12 bits per heavy atom. The number of hydrogen-bond acceptors (Lipinski definition) is 8. The predicted molar refractivity (Wildman–Crippen MR) is 125 cm³/mol. The van der Waals surface area contributed by atoms with Crippen molar-refractivity contribution >= 4 is 33.5 Å². The maximum absolute atomic E-state index is 12.6. The number of aliphatic hydroxyl groups excluding tert-OH is 1. The van der Waals surface area contributed by atoms with Crippen LogP contribution in [0.4, 0.5) is 11.8 Å². The molecule has 1 fully saturated rings. The number of hydrogen-bond donors (Lipinski definition) is 2. The molecular formula is C23H29N5O3S. The molecule has 1 aliphatic heterocycles. The van der Waals surface area contributed by atoms with Gasteiger partial charge < -0.3 is 19.8 Å². The highest BCUT2D eigenvalue weighted by Crippen LogP contribution is 2.41. The van der Waals surface area contributed by atoms with Crippen molar-refractivity contribution in [3.8, 4) is 0 Å². The first-order valence-electron chi connectivity index (χ1n) is 11.3. The Balaban J connectivity index is 1.36. The minimum atomic E-state index is -1.09. The molecule has 2 N–H and O–H groups in total. The van der Waals surface area contributed by atoms with Crippen molar-refractivity contribution in [1.29, 1.82) is 0 Å². The molecule has 0 spiro atoms. The van der Waals surface area contributed by atoms with Crippen molar-refractivity contribution < 1.29 is 13.8 Å². The highest BCUT2D eigenvalue weighted by atomic mass is 32.2. The van der Waals surface area contributed by atoms with Gasteiger partial charge >= 0.3 is 0 Å². The van der Waals surface area contributed by atoms with E-state index in [1.807, 2.05) is 25.2 Å². The summed E-state index contributed by atoms with van der Waals surface area (Å²) in [6, 6.07) is 7.97. The molecule has 1 saturated carbocycles. The lowest BCUT2D eigenvalue weighted by Crippen LogP contribution is -2.29. The van der Waals surface area contributed by atoms with Crippen LogP contribution in [0.2, 0.25) is 0 Å². The second-order valence-electron chi connectivity index (χ2n) is 8.89. The number of aliphatic hydroxyl groups is 1.